The number of fused-ring (bicyclic) bond motifs is 2. The van der Waals surface area contributed by atoms with Gasteiger partial charge in [-0.2, -0.15) is 0 Å². The van der Waals surface area contributed by atoms with Gasteiger partial charge in [0.2, 0.25) is 0 Å². The van der Waals surface area contributed by atoms with E-state index >= 15 is 0 Å². The monoisotopic (exact) mass is 493 g/mol. The number of likely N-dealkylation sites (N-methyl/N-ethyl adjacent to an activating group) is 1. The van der Waals surface area contributed by atoms with Gasteiger partial charge in [-0.25, -0.2) is 17.4 Å². The van der Waals surface area contributed by atoms with E-state index in [1.807, 2.05) is 17.5 Å². The standard InChI is InChI=1S/C25H23N3O4S2/c1-27-9-6-17(7-10-27)21-16-28(22-4-2-18(14-20(21)22)25-26-8-13-33-25)34(29,30)19-3-5-23-24(15-19)32-12-11-31-23/h2-6,8,13-16H,7,9-12H2,1H3. The summed E-state index contributed by atoms with van der Waals surface area (Å²) < 4.78 is 40.2. The SMILES string of the molecule is CN1CC=C(c2cn(S(=O)(=O)c3ccc4c(c3)OCCO4)c3ccc(-c4nccs4)cc23)CC1. The van der Waals surface area contributed by atoms with E-state index in [-0.39, 0.29) is 4.90 Å². The normalized spacial score (nSPS) is 16.6. The fourth-order valence-electron chi connectivity index (χ4n) is 4.47. The van der Waals surface area contributed by atoms with Crippen LogP contribution in [0.4, 0.5) is 0 Å². The molecule has 34 heavy (non-hydrogen) atoms. The van der Waals surface area contributed by atoms with Crippen LogP contribution >= 0.6 is 11.3 Å². The number of rotatable bonds is 4. The Balaban J connectivity index is 1.53. The Morgan fingerprint density at radius 2 is 1.91 bits per heavy atom. The fourth-order valence-corrected chi connectivity index (χ4v) is 6.49. The Hall–Kier alpha value is -3.14. The Morgan fingerprint density at radius 1 is 1.06 bits per heavy atom. The molecule has 9 heteroatoms. The van der Waals surface area contributed by atoms with Crippen LogP contribution in [-0.2, 0) is 10.0 Å². The number of thiazole rings is 1. The molecule has 2 aromatic carbocycles. The molecule has 2 aliphatic heterocycles. The maximum Gasteiger partial charge on any atom is 0.268 e. The van der Waals surface area contributed by atoms with Crippen LogP contribution < -0.4 is 9.47 Å². The first-order valence-electron chi connectivity index (χ1n) is 11.1. The molecule has 7 nitrogen and oxygen atoms in total. The summed E-state index contributed by atoms with van der Waals surface area (Å²) in [6.07, 6.45) is 6.60. The van der Waals surface area contributed by atoms with Gasteiger partial charge in [-0.05, 0) is 49.4 Å². The molecule has 0 aliphatic carbocycles. The minimum atomic E-state index is -3.86. The summed E-state index contributed by atoms with van der Waals surface area (Å²) in [6, 6.07) is 10.7. The molecule has 6 rings (SSSR count). The summed E-state index contributed by atoms with van der Waals surface area (Å²) >= 11 is 1.57. The lowest BCUT2D eigenvalue weighted by atomic mass is 9.98. The average molecular weight is 494 g/mol. The van der Waals surface area contributed by atoms with E-state index in [2.05, 4.69) is 29.1 Å². The van der Waals surface area contributed by atoms with Crippen molar-refractivity contribution in [3.8, 4) is 22.1 Å². The second-order valence-corrected chi connectivity index (χ2v) is 11.2. The van der Waals surface area contributed by atoms with Gasteiger partial charge in [0, 0.05) is 53.4 Å². The molecular formula is C25H23N3O4S2. The molecule has 0 N–H and O–H groups in total. The molecule has 0 unspecified atom stereocenters. The molecule has 0 bridgehead atoms. The first kappa shape index (κ1) is 21.4. The van der Waals surface area contributed by atoms with Crippen molar-refractivity contribution >= 4 is 37.8 Å². The Kier molecular flexibility index (Phi) is 5.20. The van der Waals surface area contributed by atoms with Crippen LogP contribution in [0.2, 0.25) is 0 Å². The molecule has 0 amide bonds. The van der Waals surface area contributed by atoms with E-state index in [0.29, 0.717) is 30.2 Å². The maximum absolute atomic E-state index is 13.8. The lowest BCUT2D eigenvalue weighted by Crippen LogP contribution is -2.23. The smallest absolute Gasteiger partial charge is 0.268 e. The second-order valence-electron chi connectivity index (χ2n) is 8.46. The number of hydrogen-bond acceptors (Lipinski definition) is 7. The van der Waals surface area contributed by atoms with Crippen molar-refractivity contribution < 1.29 is 17.9 Å². The Bertz CT molecular complexity index is 1520. The van der Waals surface area contributed by atoms with Gasteiger partial charge in [0.15, 0.2) is 11.5 Å². The Labute approximate surface area is 201 Å². The number of nitrogens with zero attached hydrogens (tertiary/aromatic N) is 3. The first-order valence-corrected chi connectivity index (χ1v) is 13.4. The third kappa shape index (κ3) is 3.60. The topological polar surface area (TPSA) is 73.7 Å². The van der Waals surface area contributed by atoms with Gasteiger partial charge in [-0.1, -0.05) is 6.08 Å². The summed E-state index contributed by atoms with van der Waals surface area (Å²) in [5, 5.41) is 3.76. The van der Waals surface area contributed by atoms with Crippen molar-refractivity contribution in [2.45, 2.75) is 11.3 Å². The number of ether oxygens (including phenoxy) is 2. The Morgan fingerprint density at radius 3 is 2.68 bits per heavy atom. The molecule has 0 spiro atoms. The third-order valence-electron chi connectivity index (χ3n) is 6.28. The molecule has 0 saturated heterocycles. The third-order valence-corrected chi connectivity index (χ3v) is 8.77. The van der Waals surface area contributed by atoms with Crippen LogP contribution in [0.5, 0.6) is 11.5 Å². The number of aromatic nitrogens is 2. The summed E-state index contributed by atoms with van der Waals surface area (Å²) in [7, 11) is -1.78. The van der Waals surface area contributed by atoms with Gasteiger partial charge >= 0.3 is 0 Å². The van der Waals surface area contributed by atoms with Crippen LogP contribution in [0.15, 0.2) is 65.1 Å². The molecule has 0 fully saturated rings. The molecule has 2 aromatic heterocycles. The van der Waals surface area contributed by atoms with Gasteiger partial charge in [0.05, 0.1) is 10.4 Å². The molecular weight excluding hydrogens is 470 g/mol. The van der Waals surface area contributed by atoms with Crippen molar-refractivity contribution in [2.24, 2.45) is 0 Å². The van der Waals surface area contributed by atoms with Crippen molar-refractivity contribution in [2.75, 3.05) is 33.4 Å². The van der Waals surface area contributed by atoms with Gasteiger partial charge in [0.1, 0.15) is 18.2 Å². The van der Waals surface area contributed by atoms with Crippen molar-refractivity contribution in [3.05, 3.63) is 65.8 Å². The van der Waals surface area contributed by atoms with E-state index in [9.17, 15) is 8.42 Å². The number of hydrogen-bond donors (Lipinski definition) is 0. The minimum Gasteiger partial charge on any atom is -0.486 e. The van der Waals surface area contributed by atoms with Crippen molar-refractivity contribution in [3.63, 3.8) is 0 Å². The molecule has 174 valence electrons. The van der Waals surface area contributed by atoms with Gasteiger partial charge in [-0.15, -0.1) is 11.3 Å². The summed E-state index contributed by atoms with van der Waals surface area (Å²) in [5.74, 6) is 1.01. The van der Waals surface area contributed by atoms with Crippen LogP contribution in [0, 0.1) is 0 Å². The van der Waals surface area contributed by atoms with Gasteiger partial charge in [0.25, 0.3) is 10.0 Å². The highest BCUT2D eigenvalue weighted by molar-refractivity contribution is 7.90. The molecule has 4 heterocycles. The number of benzene rings is 2. The zero-order valence-corrected chi connectivity index (χ0v) is 20.2. The summed E-state index contributed by atoms with van der Waals surface area (Å²) in [6.45, 7) is 2.62. The minimum absolute atomic E-state index is 0.168. The quantitative estimate of drug-likeness (QED) is 0.417. The molecule has 4 aromatic rings. The summed E-state index contributed by atoms with van der Waals surface area (Å²) in [5.41, 5.74) is 3.73. The predicted octanol–water partition coefficient (Wildman–Crippen LogP) is 4.49. The van der Waals surface area contributed by atoms with Gasteiger partial charge in [-0.3, -0.25) is 0 Å². The van der Waals surface area contributed by atoms with Crippen LogP contribution in [-0.4, -0.2) is 55.6 Å². The molecule has 2 aliphatic rings. The van der Waals surface area contributed by atoms with Gasteiger partial charge < -0.3 is 14.4 Å². The molecule has 0 atom stereocenters. The first-order chi connectivity index (χ1) is 16.5. The summed E-state index contributed by atoms with van der Waals surface area (Å²) in [4.78, 5) is 6.85. The second kappa shape index (κ2) is 8.26. The largest absolute Gasteiger partial charge is 0.486 e. The lowest BCUT2D eigenvalue weighted by Gasteiger charge is -2.21. The lowest BCUT2D eigenvalue weighted by molar-refractivity contribution is 0.171. The highest BCUT2D eigenvalue weighted by Gasteiger charge is 2.26. The van der Waals surface area contributed by atoms with E-state index in [1.165, 1.54) is 3.97 Å². The van der Waals surface area contributed by atoms with E-state index < -0.39 is 10.0 Å². The van der Waals surface area contributed by atoms with Crippen molar-refractivity contribution in [1.29, 1.82) is 0 Å². The maximum atomic E-state index is 13.8. The van der Waals surface area contributed by atoms with Crippen LogP contribution in [0.3, 0.4) is 0 Å². The molecule has 0 radical (unpaired) electrons. The average Bonchev–Trinajstić information content (AvgIpc) is 3.53. The highest BCUT2D eigenvalue weighted by Crippen LogP contribution is 2.38. The van der Waals surface area contributed by atoms with E-state index in [4.69, 9.17) is 9.47 Å². The van der Waals surface area contributed by atoms with E-state index in [0.717, 1.165) is 46.6 Å². The fraction of sp³-hybridized carbons (Fsp3) is 0.240. The van der Waals surface area contributed by atoms with E-state index in [1.54, 1.807) is 41.9 Å². The van der Waals surface area contributed by atoms with Crippen molar-refractivity contribution in [1.82, 2.24) is 13.9 Å². The molecule has 0 saturated carbocycles. The highest BCUT2D eigenvalue weighted by atomic mass is 32.2. The van der Waals surface area contributed by atoms with Crippen LogP contribution in [0.25, 0.3) is 27.0 Å². The zero-order valence-electron chi connectivity index (χ0n) is 18.6. The van der Waals surface area contributed by atoms with Crippen LogP contribution in [0.1, 0.15) is 12.0 Å². The predicted molar refractivity (Wildman–Crippen MR) is 133 cm³/mol. The zero-order chi connectivity index (χ0) is 23.3.